The van der Waals surface area contributed by atoms with E-state index in [0.29, 0.717) is 22.3 Å². The number of rotatable bonds is 7. The van der Waals surface area contributed by atoms with Crippen molar-refractivity contribution in [2.45, 2.75) is 6.54 Å². The second kappa shape index (κ2) is 10.6. The van der Waals surface area contributed by atoms with Crippen LogP contribution in [0.25, 0.3) is 6.08 Å². The zero-order valence-corrected chi connectivity index (χ0v) is 20.2. The van der Waals surface area contributed by atoms with Crippen LogP contribution in [0.15, 0.2) is 71.6 Å². The Labute approximate surface area is 214 Å². The Bertz CT molecular complexity index is 1410. The lowest BCUT2D eigenvalue weighted by atomic mass is 10.1. The number of para-hydroxylation sites is 2. The minimum Gasteiger partial charge on any atom is -0.493 e. The van der Waals surface area contributed by atoms with E-state index in [0.717, 1.165) is 4.90 Å². The minimum atomic E-state index is -0.671. The second-order valence-electron chi connectivity index (χ2n) is 7.43. The molecule has 3 aromatic carbocycles. The third kappa shape index (κ3) is 5.24. The predicted molar refractivity (Wildman–Crippen MR) is 134 cm³/mol. The van der Waals surface area contributed by atoms with Crippen LogP contribution in [0.4, 0.5) is 10.5 Å². The molecule has 3 aromatic rings. The molecule has 11 heteroatoms. The standard InChI is InChI=1S/C25H17ClN2O7S/c1-34-20-8-4-6-16(22(20)35-24(30)15-9-11-18(26)12-10-15)13-21-23(29)27(25(31)36-21)14-17-5-2-3-7-19(17)28(32)33/h2-13H,14H2,1H3/b21-13-. The number of imide groups is 1. The Morgan fingerprint density at radius 3 is 2.50 bits per heavy atom. The topological polar surface area (TPSA) is 116 Å². The van der Waals surface area contributed by atoms with Crippen molar-refractivity contribution in [3.63, 3.8) is 0 Å². The number of nitro groups is 1. The van der Waals surface area contributed by atoms with Crippen LogP contribution >= 0.6 is 23.4 Å². The smallest absolute Gasteiger partial charge is 0.343 e. The van der Waals surface area contributed by atoms with Crippen LogP contribution in [-0.4, -0.2) is 34.0 Å². The number of carbonyl (C=O) groups is 3. The molecule has 0 saturated carbocycles. The highest BCUT2D eigenvalue weighted by Gasteiger charge is 2.36. The first kappa shape index (κ1) is 25.0. The van der Waals surface area contributed by atoms with Gasteiger partial charge in [-0.2, -0.15) is 0 Å². The van der Waals surface area contributed by atoms with Crippen molar-refractivity contribution in [2.24, 2.45) is 0 Å². The van der Waals surface area contributed by atoms with Crippen LogP contribution in [0.3, 0.4) is 0 Å². The van der Waals surface area contributed by atoms with E-state index < -0.39 is 22.0 Å². The molecule has 1 heterocycles. The molecule has 1 fully saturated rings. The maximum absolute atomic E-state index is 13.0. The lowest BCUT2D eigenvalue weighted by molar-refractivity contribution is -0.385. The van der Waals surface area contributed by atoms with Crippen molar-refractivity contribution < 1.29 is 28.8 Å². The molecule has 0 aliphatic carbocycles. The Morgan fingerprint density at radius 1 is 1.08 bits per heavy atom. The van der Waals surface area contributed by atoms with Gasteiger partial charge < -0.3 is 9.47 Å². The second-order valence-corrected chi connectivity index (χ2v) is 8.86. The number of benzene rings is 3. The fourth-order valence-corrected chi connectivity index (χ4v) is 4.38. The molecule has 9 nitrogen and oxygen atoms in total. The summed E-state index contributed by atoms with van der Waals surface area (Å²) in [5.41, 5.74) is 0.614. The molecule has 36 heavy (non-hydrogen) atoms. The predicted octanol–water partition coefficient (Wildman–Crippen LogP) is 5.71. The SMILES string of the molecule is COc1cccc(/C=C2\SC(=O)N(Cc3ccccc3[N+](=O)[O-])C2=O)c1OC(=O)c1ccc(Cl)cc1. The van der Waals surface area contributed by atoms with Gasteiger partial charge in [0.2, 0.25) is 0 Å². The van der Waals surface area contributed by atoms with Crippen LogP contribution in [-0.2, 0) is 11.3 Å². The van der Waals surface area contributed by atoms with Gasteiger partial charge >= 0.3 is 5.97 Å². The quantitative estimate of drug-likeness (QED) is 0.127. The highest BCUT2D eigenvalue weighted by molar-refractivity contribution is 8.18. The molecule has 0 unspecified atom stereocenters. The molecule has 1 aliphatic heterocycles. The zero-order chi connectivity index (χ0) is 25.8. The van der Waals surface area contributed by atoms with Gasteiger partial charge in [0.05, 0.1) is 29.0 Å². The van der Waals surface area contributed by atoms with Crippen molar-refractivity contribution >= 4 is 52.2 Å². The minimum absolute atomic E-state index is 0.0606. The van der Waals surface area contributed by atoms with Crippen LogP contribution < -0.4 is 9.47 Å². The lowest BCUT2D eigenvalue weighted by Gasteiger charge is -2.13. The van der Waals surface area contributed by atoms with E-state index >= 15 is 0 Å². The highest BCUT2D eigenvalue weighted by Crippen LogP contribution is 2.38. The van der Waals surface area contributed by atoms with Gasteiger partial charge in [0.1, 0.15) is 0 Å². The normalized spacial score (nSPS) is 14.3. The number of amides is 2. The van der Waals surface area contributed by atoms with Gasteiger partial charge in [-0.3, -0.25) is 24.6 Å². The van der Waals surface area contributed by atoms with E-state index in [2.05, 4.69) is 0 Å². The summed E-state index contributed by atoms with van der Waals surface area (Å²) in [6.07, 6.45) is 1.41. The van der Waals surface area contributed by atoms with Crippen LogP contribution in [0, 0.1) is 10.1 Å². The molecular weight excluding hydrogens is 508 g/mol. The maximum atomic E-state index is 13.0. The number of hydrogen-bond donors (Lipinski definition) is 0. The van der Waals surface area contributed by atoms with Gasteiger partial charge in [-0.25, -0.2) is 4.79 Å². The Morgan fingerprint density at radius 2 is 1.81 bits per heavy atom. The highest BCUT2D eigenvalue weighted by atomic mass is 35.5. The van der Waals surface area contributed by atoms with E-state index in [1.54, 1.807) is 36.4 Å². The lowest BCUT2D eigenvalue weighted by Crippen LogP contribution is -2.27. The van der Waals surface area contributed by atoms with E-state index in [1.165, 1.54) is 43.5 Å². The maximum Gasteiger partial charge on any atom is 0.343 e. The van der Waals surface area contributed by atoms with Crippen molar-refractivity contribution in [1.29, 1.82) is 0 Å². The zero-order valence-electron chi connectivity index (χ0n) is 18.7. The number of thioether (sulfide) groups is 1. The third-order valence-corrected chi connectivity index (χ3v) is 6.34. The summed E-state index contributed by atoms with van der Waals surface area (Å²) in [5.74, 6) is -0.994. The van der Waals surface area contributed by atoms with Gasteiger partial charge in [-0.15, -0.1) is 0 Å². The largest absolute Gasteiger partial charge is 0.493 e. The number of carbonyl (C=O) groups excluding carboxylic acids is 3. The van der Waals surface area contributed by atoms with E-state index in [-0.39, 0.29) is 39.8 Å². The first-order valence-electron chi connectivity index (χ1n) is 10.4. The number of halogens is 1. The number of methoxy groups -OCH3 is 1. The summed E-state index contributed by atoms with van der Waals surface area (Å²) in [6.45, 7) is -0.254. The van der Waals surface area contributed by atoms with Crippen LogP contribution in [0.2, 0.25) is 5.02 Å². The number of hydrogen-bond acceptors (Lipinski definition) is 8. The molecule has 0 spiro atoms. The molecule has 4 rings (SSSR count). The van der Waals surface area contributed by atoms with Crippen molar-refractivity contribution in [2.75, 3.05) is 7.11 Å². The summed E-state index contributed by atoms with van der Waals surface area (Å²) in [7, 11) is 1.40. The summed E-state index contributed by atoms with van der Waals surface area (Å²) in [5, 5.41) is 11.2. The number of nitrogens with zero attached hydrogens (tertiary/aromatic N) is 2. The Kier molecular flexibility index (Phi) is 7.37. The molecule has 0 N–H and O–H groups in total. The molecule has 0 aromatic heterocycles. The monoisotopic (exact) mass is 524 g/mol. The van der Waals surface area contributed by atoms with Crippen molar-refractivity contribution in [3.8, 4) is 11.5 Å². The van der Waals surface area contributed by atoms with Crippen molar-refractivity contribution in [1.82, 2.24) is 4.90 Å². The van der Waals surface area contributed by atoms with E-state index in [1.807, 2.05) is 0 Å². The fraction of sp³-hybridized carbons (Fsp3) is 0.0800. The van der Waals surface area contributed by atoms with Crippen LogP contribution in [0.5, 0.6) is 11.5 Å². The number of esters is 1. The molecule has 0 atom stereocenters. The third-order valence-electron chi connectivity index (χ3n) is 5.18. The van der Waals surface area contributed by atoms with E-state index in [9.17, 15) is 24.5 Å². The first-order chi connectivity index (χ1) is 17.3. The summed E-state index contributed by atoms with van der Waals surface area (Å²) in [4.78, 5) is 50.1. The summed E-state index contributed by atoms with van der Waals surface area (Å²) >= 11 is 6.56. The first-order valence-corrected chi connectivity index (χ1v) is 11.6. The van der Waals surface area contributed by atoms with Gasteiger partial charge in [0, 0.05) is 22.2 Å². The van der Waals surface area contributed by atoms with Gasteiger partial charge in [0.25, 0.3) is 16.8 Å². The molecule has 0 radical (unpaired) electrons. The molecule has 182 valence electrons. The van der Waals surface area contributed by atoms with E-state index in [4.69, 9.17) is 21.1 Å². The summed E-state index contributed by atoms with van der Waals surface area (Å²) < 4.78 is 10.9. The molecular formula is C25H17ClN2O7S. The molecule has 1 aliphatic rings. The molecule has 1 saturated heterocycles. The van der Waals surface area contributed by atoms with Gasteiger partial charge in [0.15, 0.2) is 11.5 Å². The molecule has 2 amide bonds. The molecule has 0 bridgehead atoms. The Balaban J connectivity index is 1.63. The van der Waals surface area contributed by atoms with Gasteiger partial charge in [-0.1, -0.05) is 41.9 Å². The number of nitro benzene ring substituents is 1. The fourth-order valence-electron chi connectivity index (χ4n) is 3.42. The van der Waals surface area contributed by atoms with Crippen LogP contribution in [0.1, 0.15) is 21.5 Å². The number of ether oxygens (including phenoxy) is 2. The average Bonchev–Trinajstić information content (AvgIpc) is 3.12. The van der Waals surface area contributed by atoms with Gasteiger partial charge in [-0.05, 0) is 48.2 Å². The summed E-state index contributed by atoms with van der Waals surface area (Å²) in [6, 6.07) is 16.8. The Hall–Kier alpha value is -4.15. The average molecular weight is 525 g/mol. The van der Waals surface area contributed by atoms with Crippen molar-refractivity contribution in [3.05, 3.63) is 103 Å².